The Hall–Kier alpha value is -4.01. The van der Waals surface area contributed by atoms with E-state index in [1.807, 2.05) is 19.9 Å². The van der Waals surface area contributed by atoms with Gasteiger partial charge >= 0.3 is 0 Å². The van der Waals surface area contributed by atoms with Gasteiger partial charge < -0.3 is 11.1 Å². The molecule has 0 unspecified atom stereocenters. The third kappa shape index (κ3) is 2.88. The summed E-state index contributed by atoms with van der Waals surface area (Å²) >= 11 is 0. The Balaban J connectivity index is 1.70. The molecule has 3 heterocycles. The van der Waals surface area contributed by atoms with Gasteiger partial charge in [-0.15, -0.1) is 0 Å². The molecular weight excluding hydrogens is 360 g/mol. The second-order valence-electron chi connectivity index (χ2n) is 6.42. The first-order chi connectivity index (χ1) is 13.3. The highest BCUT2D eigenvalue weighted by atomic mass is 16.2. The van der Waals surface area contributed by atoms with Crippen molar-refractivity contribution in [3.63, 3.8) is 0 Å². The fraction of sp³-hybridized carbons (Fsp3) is 0.105. The van der Waals surface area contributed by atoms with Crippen molar-refractivity contribution in [2.75, 3.05) is 11.1 Å². The number of benzene rings is 1. The average Bonchev–Trinajstić information content (AvgIpc) is 2.89. The van der Waals surface area contributed by atoms with Crippen LogP contribution >= 0.6 is 0 Å². The van der Waals surface area contributed by atoms with Gasteiger partial charge in [0.15, 0.2) is 0 Å². The number of anilines is 3. The second kappa shape index (κ2) is 6.31. The van der Waals surface area contributed by atoms with E-state index in [0.717, 1.165) is 23.1 Å². The number of imide groups is 1. The largest absolute Gasteiger partial charge is 0.384 e. The highest BCUT2D eigenvalue weighted by molar-refractivity contribution is 6.23. The summed E-state index contributed by atoms with van der Waals surface area (Å²) in [5, 5.41) is 5.24. The minimum absolute atomic E-state index is 0.00555. The molecule has 0 saturated carbocycles. The maximum atomic E-state index is 12.5. The van der Waals surface area contributed by atoms with E-state index in [1.165, 1.54) is 4.57 Å². The Labute approximate surface area is 159 Å². The smallest absolute Gasteiger partial charge is 0.262 e. The lowest BCUT2D eigenvalue weighted by molar-refractivity contribution is 0.0880. The van der Waals surface area contributed by atoms with Gasteiger partial charge in [-0.1, -0.05) is 0 Å². The van der Waals surface area contributed by atoms with Crippen LogP contribution in [0, 0.1) is 13.8 Å². The number of aryl methyl sites for hydroxylation is 2. The molecule has 0 aliphatic carbocycles. The number of nitrogens with two attached hydrogens (primary N) is 1. The molecule has 1 aliphatic heterocycles. The number of hydrogen-bond donors (Lipinski definition) is 3. The van der Waals surface area contributed by atoms with Crippen LogP contribution in [0.3, 0.4) is 0 Å². The van der Waals surface area contributed by atoms with E-state index in [-0.39, 0.29) is 16.9 Å². The van der Waals surface area contributed by atoms with Crippen molar-refractivity contribution in [3.05, 3.63) is 69.3 Å². The lowest BCUT2D eigenvalue weighted by atomic mass is 10.1. The zero-order chi connectivity index (χ0) is 20.0. The van der Waals surface area contributed by atoms with Crippen molar-refractivity contribution in [2.45, 2.75) is 13.8 Å². The Bertz CT molecular complexity index is 1180. The Morgan fingerprint density at radius 2 is 1.61 bits per heavy atom. The van der Waals surface area contributed by atoms with Crippen LogP contribution in [0.4, 0.5) is 17.5 Å². The van der Waals surface area contributed by atoms with E-state index in [1.54, 1.807) is 24.3 Å². The number of amides is 2. The van der Waals surface area contributed by atoms with Crippen molar-refractivity contribution in [2.24, 2.45) is 0 Å². The fourth-order valence-corrected chi connectivity index (χ4v) is 3.15. The van der Waals surface area contributed by atoms with Crippen LogP contribution in [0.25, 0.3) is 5.69 Å². The van der Waals surface area contributed by atoms with Crippen LogP contribution in [0.1, 0.15) is 32.1 Å². The molecule has 2 aromatic heterocycles. The van der Waals surface area contributed by atoms with Crippen molar-refractivity contribution in [1.29, 1.82) is 0 Å². The van der Waals surface area contributed by atoms with Crippen LogP contribution < -0.4 is 21.9 Å². The highest BCUT2D eigenvalue weighted by Crippen LogP contribution is 2.24. The second-order valence-corrected chi connectivity index (χ2v) is 6.42. The van der Waals surface area contributed by atoms with E-state index in [2.05, 4.69) is 20.6 Å². The molecule has 0 spiro atoms. The van der Waals surface area contributed by atoms with Gasteiger partial charge in [0.1, 0.15) is 5.82 Å². The fourth-order valence-electron chi connectivity index (χ4n) is 3.15. The summed E-state index contributed by atoms with van der Waals surface area (Å²) in [5.74, 6) is -0.848. The molecule has 0 saturated heterocycles. The lowest BCUT2D eigenvalue weighted by Crippen LogP contribution is -2.24. The molecular formula is C19H16N6O3. The van der Waals surface area contributed by atoms with E-state index in [9.17, 15) is 14.4 Å². The van der Waals surface area contributed by atoms with Crippen LogP contribution in [0.2, 0.25) is 0 Å². The third-order valence-electron chi connectivity index (χ3n) is 4.32. The molecule has 0 atom stereocenters. The molecule has 4 N–H and O–H groups in total. The quantitative estimate of drug-likeness (QED) is 0.589. The maximum absolute atomic E-state index is 12.5. The molecule has 1 aromatic carbocycles. The minimum Gasteiger partial charge on any atom is -0.384 e. The summed E-state index contributed by atoms with van der Waals surface area (Å²) < 4.78 is 1.19. The van der Waals surface area contributed by atoms with E-state index < -0.39 is 17.4 Å². The predicted octanol–water partition coefficient (Wildman–Crippen LogP) is 1.45. The number of hydrogen-bond acceptors (Lipinski definition) is 7. The maximum Gasteiger partial charge on any atom is 0.262 e. The number of aromatic nitrogens is 3. The van der Waals surface area contributed by atoms with Gasteiger partial charge in [-0.3, -0.25) is 24.3 Å². The molecule has 4 rings (SSSR count). The van der Waals surface area contributed by atoms with Gasteiger partial charge in [-0.05, 0) is 44.2 Å². The first-order valence-electron chi connectivity index (χ1n) is 8.44. The monoisotopic (exact) mass is 376 g/mol. The van der Waals surface area contributed by atoms with E-state index in [0.29, 0.717) is 11.6 Å². The summed E-state index contributed by atoms with van der Waals surface area (Å²) in [4.78, 5) is 44.8. The third-order valence-corrected chi connectivity index (χ3v) is 4.32. The van der Waals surface area contributed by atoms with Crippen molar-refractivity contribution in [3.8, 4) is 5.69 Å². The van der Waals surface area contributed by atoms with Gasteiger partial charge in [-0.2, -0.15) is 0 Å². The van der Waals surface area contributed by atoms with Crippen molar-refractivity contribution < 1.29 is 9.59 Å². The number of carbonyl (C=O) groups excluding carboxylic acids is 2. The number of pyridine rings is 1. The van der Waals surface area contributed by atoms with Gasteiger partial charge in [0, 0.05) is 23.1 Å². The highest BCUT2D eigenvalue weighted by Gasteiger charge is 2.31. The van der Waals surface area contributed by atoms with Crippen LogP contribution in [-0.2, 0) is 0 Å². The molecule has 140 valence electrons. The zero-order valence-corrected chi connectivity index (χ0v) is 15.1. The van der Waals surface area contributed by atoms with Gasteiger partial charge in [0.2, 0.25) is 5.95 Å². The normalized spacial score (nSPS) is 12.6. The first-order valence-corrected chi connectivity index (χ1v) is 8.44. The summed E-state index contributed by atoms with van der Waals surface area (Å²) in [6.07, 6.45) is 0. The number of nitrogens with zero attached hydrogens (tertiary/aromatic N) is 3. The minimum atomic E-state index is -0.621. The Kier molecular flexibility index (Phi) is 3.92. The van der Waals surface area contributed by atoms with Crippen molar-refractivity contribution in [1.82, 2.24) is 19.9 Å². The van der Waals surface area contributed by atoms with Gasteiger partial charge in [0.25, 0.3) is 17.4 Å². The van der Waals surface area contributed by atoms with Gasteiger partial charge in [-0.25, -0.2) is 9.97 Å². The van der Waals surface area contributed by atoms with Gasteiger partial charge in [0.05, 0.1) is 16.8 Å². The summed E-state index contributed by atoms with van der Waals surface area (Å²) in [5.41, 5.74) is 8.40. The standard InChI is InChI=1S/C19H16N6O3/c1-9-7-10(2)22-19(21-9)23-11-3-5-12(6-4-11)25-14(26)8-13-15(16(25)20)18(28)24-17(13)27/h3-8H,20H2,1-2H3,(H,21,22,23)(H,24,27,28). The molecule has 0 bridgehead atoms. The molecule has 3 aromatic rings. The topological polar surface area (TPSA) is 132 Å². The summed E-state index contributed by atoms with van der Waals surface area (Å²) in [6.45, 7) is 3.76. The summed E-state index contributed by atoms with van der Waals surface area (Å²) in [7, 11) is 0. The molecule has 2 amide bonds. The SMILES string of the molecule is Cc1cc(C)nc(Nc2ccc(-n3c(N)c4c(cc3=O)C(=O)NC4=O)cc2)n1. The number of carbonyl (C=O) groups is 2. The molecule has 1 aliphatic rings. The molecule has 9 heteroatoms. The molecule has 0 radical (unpaired) electrons. The first kappa shape index (κ1) is 17.4. The molecule has 28 heavy (non-hydrogen) atoms. The van der Waals surface area contributed by atoms with Crippen LogP contribution in [0.15, 0.2) is 41.2 Å². The Morgan fingerprint density at radius 3 is 2.25 bits per heavy atom. The zero-order valence-electron chi connectivity index (χ0n) is 15.1. The molecule has 9 nitrogen and oxygen atoms in total. The average molecular weight is 376 g/mol. The van der Waals surface area contributed by atoms with Crippen LogP contribution in [0.5, 0.6) is 0 Å². The number of nitrogen functional groups attached to an aromatic ring is 1. The molecule has 0 fully saturated rings. The number of nitrogens with one attached hydrogen (secondary N) is 2. The lowest BCUT2D eigenvalue weighted by Gasteiger charge is -2.13. The summed E-state index contributed by atoms with van der Waals surface area (Å²) in [6, 6.07) is 9.80. The number of fused-ring (bicyclic) bond motifs is 1. The van der Waals surface area contributed by atoms with Crippen LogP contribution in [-0.4, -0.2) is 26.3 Å². The Morgan fingerprint density at radius 1 is 0.964 bits per heavy atom. The van der Waals surface area contributed by atoms with E-state index >= 15 is 0 Å². The van der Waals surface area contributed by atoms with E-state index in [4.69, 9.17) is 5.73 Å². The predicted molar refractivity (Wildman–Crippen MR) is 103 cm³/mol. The number of rotatable bonds is 3. The van der Waals surface area contributed by atoms with Crippen molar-refractivity contribution >= 4 is 29.3 Å².